The Balaban J connectivity index is 2.20. The lowest BCUT2D eigenvalue weighted by atomic mass is 10.2. The van der Waals surface area contributed by atoms with Crippen molar-refractivity contribution in [1.82, 2.24) is 5.32 Å². The molecule has 1 aromatic carbocycles. The molecule has 2 rings (SSSR count). The molecule has 0 radical (unpaired) electrons. The lowest BCUT2D eigenvalue weighted by Gasteiger charge is -2.08. The van der Waals surface area contributed by atoms with Gasteiger partial charge in [-0.25, -0.2) is 0 Å². The number of hydrogen-bond donors (Lipinski definition) is 1. The van der Waals surface area contributed by atoms with E-state index in [-0.39, 0.29) is 6.04 Å². The van der Waals surface area contributed by atoms with Crippen molar-refractivity contribution >= 4 is 15.9 Å². The summed E-state index contributed by atoms with van der Waals surface area (Å²) < 4.78 is 6.92. The molecule has 2 aromatic rings. The van der Waals surface area contributed by atoms with Crippen LogP contribution in [0.3, 0.4) is 0 Å². The molecule has 1 heterocycles. The normalized spacial score (nSPS) is 12.6. The highest BCUT2D eigenvalue weighted by molar-refractivity contribution is 9.10. The minimum atomic E-state index is 0.254. The molecule has 1 atom stereocenters. The molecule has 2 nitrogen and oxygen atoms in total. The van der Waals surface area contributed by atoms with Gasteiger partial charge in [0.2, 0.25) is 0 Å². The van der Waals surface area contributed by atoms with Crippen molar-refractivity contribution in [2.24, 2.45) is 0 Å². The van der Waals surface area contributed by atoms with Gasteiger partial charge in [0.25, 0.3) is 0 Å². The molecule has 1 unspecified atom stereocenters. The Morgan fingerprint density at radius 3 is 2.53 bits per heavy atom. The van der Waals surface area contributed by atoms with E-state index in [0.29, 0.717) is 0 Å². The Labute approximate surface area is 110 Å². The van der Waals surface area contributed by atoms with Gasteiger partial charge in [-0.1, -0.05) is 35.0 Å². The molecule has 1 aromatic heterocycles. The van der Waals surface area contributed by atoms with Crippen LogP contribution in [-0.4, -0.2) is 6.54 Å². The van der Waals surface area contributed by atoms with Gasteiger partial charge in [-0.2, -0.15) is 0 Å². The standard InChI is InChI=1S/C14H16BrNO/c1-3-16-10(2)13-8-9-14(17-13)11-4-6-12(15)7-5-11/h4-10,16H,3H2,1-2H3. The van der Waals surface area contributed by atoms with Crippen LogP contribution in [0.5, 0.6) is 0 Å². The van der Waals surface area contributed by atoms with Gasteiger partial charge in [0, 0.05) is 10.0 Å². The van der Waals surface area contributed by atoms with E-state index in [1.54, 1.807) is 0 Å². The number of benzene rings is 1. The molecule has 0 saturated carbocycles. The van der Waals surface area contributed by atoms with Gasteiger partial charge < -0.3 is 9.73 Å². The van der Waals surface area contributed by atoms with E-state index in [4.69, 9.17) is 4.42 Å². The summed E-state index contributed by atoms with van der Waals surface area (Å²) in [5.74, 6) is 1.89. The van der Waals surface area contributed by atoms with Gasteiger partial charge in [-0.05, 0) is 37.7 Å². The van der Waals surface area contributed by atoms with Crippen LogP contribution < -0.4 is 5.32 Å². The lowest BCUT2D eigenvalue weighted by Crippen LogP contribution is -2.16. The molecule has 3 heteroatoms. The Bertz CT molecular complexity index is 475. The van der Waals surface area contributed by atoms with Gasteiger partial charge in [-0.15, -0.1) is 0 Å². The van der Waals surface area contributed by atoms with Crippen LogP contribution in [0.2, 0.25) is 0 Å². The molecule has 0 aliphatic heterocycles. The summed E-state index contributed by atoms with van der Waals surface area (Å²) in [5, 5.41) is 3.33. The maximum atomic E-state index is 5.85. The monoisotopic (exact) mass is 293 g/mol. The lowest BCUT2D eigenvalue weighted by molar-refractivity contribution is 0.445. The van der Waals surface area contributed by atoms with Crippen LogP contribution in [-0.2, 0) is 0 Å². The second-order valence-corrected chi connectivity index (χ2v) is 4.90. The van der Waals surface area contributed by atoms with Gasteiger partial charge in [0.05, 0.1) is 6.04 Å². The average molecular weight is 294 g/mol. The first-order chi connectivity index (χ1) is 8.20. The van der Waals surface area contributed by atoms with E-state index in [1.807, 2.05) is 36.4 Å². The van der Waals surface area contributed by atoms with Crippen molar-refractivity contribution in [3.8, 4) is 11.3 Å². The summed E-state index contributed by atoms with van der Waals surface area (Å²) in [6.07, 6.45) is 0. The van der Waals surface area contributed by atoms with Crippen molar-refractivity contribution < 1.29 is 4.42 Å². The van der Waals surface area contributed by atoms with Crippen LogP contribution >= 0.6 is 15.9 Å². The second-order valence-electron chi connectivity index (χ2n) is 3.99. The average Bonchev–Trinajstić information content (AvgIpc) is 2.80. The number of hydrogen-bond acceptors (Lipinski definition) is 2. The Hall–Kier alpha value is -1.06. The summed E-state index contributed by atoms with van der Waals surface area (Å²) >= 11 is 3.43. The van der Waals surface area contributed by atoms with Crippen LogP contribution in [0.15, 0.2) is 45.3 Å². The summed E-state index contributed by atoms with van der Waals surface area (Å²) in [7, 11) is 0. The highest BCUT2D eigenvalue weighted by atomic mass is 79.9. The minimum absolute atomic E-state index is 0.254. The molecule has 0 amide bonds. The zero-order valence-corrected chi connectivity index (χ0v) is 11.6. The minimum Gasteiger partial charge on any atom is -0.459 e. The number of furan rings is 1. The zero-order valence-electron chi connectivity index (χ0n) is 10.0. The van der Waals surface area contributed by atoms with Gasteiger partial charge in [0.1, 0.15) is 11.5 Å². The quantitative estimate of drug-likeness (QED) is 0.905. The van der Waals surface area contributed by atoms with E-state index in [1.165, 1.54) is 0 Å². The van der Waals surface area contributed by atoms with Gasteiger partial charge >= 0.3 is 0 Å². The molecular weight excluding hydrogens is 278 g/mol. The first-order valence-corrected chi connectivity index (χ1v) is 6.59. The van der Waals surface area contributed by atoms with Crippen molar-refractivity contribution in [3.63, 3.8) is 0 Å². The Morgan fingerprint density at radius 1 is 1.18 bits per heavy atom. The predicted molar refractivity (Wildman–Crippen MR) is 73.9 cm³/mol. The van der Waals surface area contributed by atoms with Crippen molar-refractivity contribution in [2.45, 2.75) is 19.9 Å². The smallest absolute Gasteiger partial charge is 0.134 e. The first-order valence-electron chi connectivity index (χ1n) is 5.79. The fourth-order valence-corrected chi connectivity index (χ4v) is 2.03. The maximum Gasteiger partial charge on any atom is 0.134 e. The highest BCUT2D eigenvalue weighted by Crippen LogP contribution is 2.26. The predicted octanol–water partition coefficient (Wildman–Crippen LogP) is 4.38. The largest absolute Gasteiger partial charge is 0.459 e. The summed E-state index contributed by atoms with van der Waals surface area (Å²) in [4.78, 5) is 0. The van der Waals surface area contributed by atoms with E-state index in [2.05, 4.69) is 35.1 Å². The molecule has 0 aliphatic carbocycles. The van der Waals surface area contributed by atoms with Gasteiger partial charge in [-0.3, -0.25) is 0 Å². The maximum absolute atomic E-state index is 5.85. The van der Waals surface area contributed by atoms with E-state index in [9.17, 15) is 0 Å². The van der Waals surface area contributed by atoms with Crippen molar-refractivity contribution in [2.75, 3.05) is 6.54 Å². The summed E-state index contributed by atoms with van der Waals surface area (Å²) in [6, 6.07) is 12.4. The molecular formula is C14H16BrNO. The molecule has 0 aliphatic rings. The highest BCUT2D eigenvalue weighted by Gasteiger charge is 2.10. The molecule has 0 saturated heterocycles. The van der Waals surface area contributed by atoms with Crippen LogP contribution in [0.25, 0.3) is 11.3 Å². The van der Waals surface area contributed by atoms with Crippen molar-refractivity contribution in [1.29, 1.82) is 0 Å². The fraction of sp³-hybridized carbons (Fsp3) is 0.286. The fourth-order valence-electron chi connectivity index (χ4n) is 1.76. The summed E-state index contributed by atoms with van der Waals surface area (Å²) in [5.41, 5.74) is 1.10. The molecule has 0 fully saturated rings. The number of rotatable bonds is 4. The third kappa shape index (κ3) is 2.99. The summed E-state index contributed by atoms with van der Waals surface area (Å²) in [6.45, 7) is 5.14. The van der Waals surface area contributed by atoms with Crippen molar-refractivity contribution in [3.05, 3.63) is 46.6 Å². The van der Waals surface area contributed by atoms with Crippen LogP contribution in [0.1, 0.15) is 25.6 Å². The Morgan fingerprint density at radius 2 is 1.88 bits per heavy atom. The zero-order chi connectivity index (χ0) is 12.3. The van der Waals surface area contributed by atoms with E-state index in [0.717, 1.165) is 28.1 Å². The third-order valence-electron chi connectivity index (χ3n) is 2.69. The first kappa shape index (κ1) is 12.4. The molecule has 90 valence electrons. The SMILES string of the molecule is CCNC(C)c1ccc(-c2ccc(Br)cc2)o1. The molecule has 1 N–H and O–H groups in total. The topological polar surface area (TPSA) is 25.2 Å². The Kier molecular flexibility index (Phi) is 4.02. The van der Waals surface area contributed by atoms with Gasteiger partial charge in [0.15, 0.2) is 0 Å². The van der Waals surface area contributed by atoms with E-state index < -0.39 is 0 Å². The van der Waals surface area contributed by atoms with E-state index >= 15 is 0 Å². The van der Waals surface area contributed by atoms with Crippen LogP contribution in [0.4, 0.5) is 0 Å². The second kappa shape index (κ2) is 5.52. The molecule has 17 heavy (non-hydrogen) atoms. The third-order valence-corrected chi connectivity index (χ3v) is 3.22. The number of halogens is 1. The molecule has 0 bridgehead atoms. The number of nitrogens with one attached hydrogen (secondary N) is 1. The van der Waals surface area contributed by atoms with Crippen LogP contribution in [0, 0.1) is 0 Å². The molecule has 0 spiro atoms.